The second-order valence-electron chi connectivity index (χ2n) is 5.61. The van der Waals surface area contributed by atoms with Gasteiger partial charge in [0.25, 0.3) is 5.69 Å². The Morgan fingerprint density at radius 3 is 2.91 bits per heavy atom. The van der Waals surface area contributed by atoms with E-state index < -0.39 is 5.97 Å². The average Bonchev–Trinajstić information content (AvgIpc) is 2.59. The molecule has 0 aromatic heterocycles. The molecule has 2 rings (SSSR count). The number of hydrogen-bond donors (Lipinski definition) is 0. The molecule has 23 heavy (non-hydrogen) atoms. The molecule has 0 saturated carbocycles. The Morgan fingerprint density at radius 2 is 2.26 bits per heavy atom. The van der Waals surface area contributed by atoms with E-state index in [-0.39, 0.29) is 10.6 Å². The maximum atomic E-state index is 11.5. The summed E-state index contributed by atoms with van der Waals surface area (Å²) in [5.74, 6) is -0.487. The van der Waals surface area contributed by atoms with E-state index in [2.05, 4.69) is 16.6 Å². The summed E-state index contributed by atoms with van der Waals surface area (Å²) in [6.07, 6.45) is 7.05. The Kier molecular flexibility index (Phi) is 5.73. The molecule has 1 atom stereocenters. The zero-order valence-corrected chi connectivity index (χ0v) is 13.5. The molecule has 124 valence electrons. The molecule has 1 aliphatic heterocycles. The van der Waals surface area contributed by atoms with Gasteiger partial charge in [0.2, 0.25) is 0 Å². The monoisotopic (exact) mass is 318 g/mol. The topological polar surface area (TPSA) is 72.7 Å². The van der Waals surface area contributed by atoms with Gasteiger partial charge in [-0.05, 0) is 43.4 Å². The summed E-state index contributed by atoms with van der Waals surface area (Å²) in [5, 5.41) is 11.5. The summed E-state index contributed by atoms with van der Waals surface area (Å²) in [5.41, 5.74) is 1.35. The number of anilines is 1. The zero-order chi connectivity index (χ0) is 16.8. The van der Waals surface area contributed by atoms with Crippen LogP contribution in [0.1, 0.15) is 38.2 Å². The van der Waals surface area contributed by atoms with Crippen LogP contribution >= 0.6 is 0 Å². The number of esters is 1. The lowest BCUT2D eigenvalue weighted by Crippen LogP contribution is -2.39. The van der Waals surface area contributed by atoms with E-state index in [0.29, 0.717) is 17.3 Å². The van der Waals surface area contributed by atoms with Crippen molar-refractivity contribution in [3.63, 3.8) is 0 Å². The van der Waals surface area contributed by atoms with Crippen LogP contribution in [0.3, 0.4) is 0 Å². The highest BCUT2D eigenvalue weighted by Crippen LogP contribution is 2.34. The van der Waals surface area contributed by atoms with Crippen molar-refractivity contribution in [2.75, 3.05) is 18.6 Å². The summed E-state index contributed by atoms with van der Waals surface area (Å²) in [6, 6.07) is 5.43. The normalized spacial score (nSPS) is 18.2. The van der Waals surface area contributed by atoms with Gasteiger partial charge in [-0.25, -0.2) is 4.79 Å². The van der Waals surface area contributed by atoms with E-state index in [4.69, 9.17) is 0 Å². The van der Waals surface area contributed by atoms with Gasteiger partial charge in [0.05, 0.1) is 12.0 Å². The number of carbonyl (C=O) groups is 1. The summed E-state index contributed by atoms with van der Waals surface area (Å²) in [6.45, 7) is 2.96. The largest absolute Gasteiger partial charge is 0.466 e. The van der Waals surface area contributed by atoms with Crippen LogP contribution in [-0.2, 0) is 9.53 Å². The predicted molar refractivity (Wildman–Crippen MR) is 89.4 cm³/mol. The fraction of sp³-hybridized carbons (Fsp3) is 0.471. The fourth-order valence-corrected chi connectivity index (χ4v) is 3.01. The van der Waals surface area contributed by atoms with E-state index in [1.165, 1.54) is 31.7 Å². The van der Waals surface area contributed by atoms with Crippen LogP contribution in [0.5, 0.6) is 0 Å². The van der Waals surface area contributed by atoms with Crippen molar-refractivity contribution in [3.8, 4) is 0 Å². The van der Waals surface area contributed by atoms with Crippen LogP contribution in [0.2, 0.25) is 0 Å². The molecule has 6 heteroatoms. The second-order valence-corrected chi connectivity index (χ2v) is 5.61. The van der Waals surface area contributed by atoms with Crippen molar-refractivity contribution in [2.45, 2.75) is 38.6 Å². The quantitative estimate of drug-likeness (QED) is 0.359. The molecule has 0 radical (unpaired) electrons. The molecular weight excluding hydrogens is 296 g/mol. The first kappa shape index (κ1) is 17.0. The van der Waals surface area contributed by atoms with Gasteiger partial charge in [0, 0.05) is 24.7 Å². The summed E-state index contributed by atoms with van der Waals surface area (Å²) in [7, 11) is 1.29. The van der Waals surface area contributed by atoms with E-state index in [0.717, 1.165) is 25.8 Å². The lowest BCUT2D eigenvalue weighted by atomic mass is 9.98. The molecule has 0 amide bonds. The third-order valence-electron chi connectivity index (χ3n) is 4.22. The van der Waals surface area contributed by atoms with Crippen LogP contribution in [0, 0.1) is 10.1 Å². The van der Waals surface area contributed by atoms with E-state index in [9.17, 15) is 14.9 Å². The van der Waals surface area contributed by atoms with Crippen molar-refractivity contribution in [1.82, 2.24) is 0 Å². The number of methoxy groups -OCH3 is 1. The van der Waals surface area contributed by atoms with Crippen LogP contribution in [-0.4, -0.2) is 30.6 Å². The summed E-state index contributed by atoms with van der Waals surface area (Å²) in [4.78, 5) is 24.4. The van der Waals surface area contributed by atoms with Gasteiger partial charge >= 0.3 is 5.97 Å². The van der Waals surface area contributed by atoms with E-state index >= 15 is 0 Å². The molecule has 0 spiro atoms. The molecule has 0 bridgehead atoms. The van der Waals surface area contributed by atoms with Crippen LogP contribution in [0.4, 0.5) is 11.4 Å². The molecule has 1 saturated heterocycles. The predicted octanol–water partition coefficient (Wildman–Crippen LogP) is 3.55. The number of nitro benzene ring substituents is 1. The van der Waals surface area contributed by atoms with Gasteiger partial charge in [-0.1, -0.05) is 13.0 Å². The highest BCUT2D eigenvalue weighted by molar-refractivity contribution is 5.87. The molecule has 6 nitrogen and oxygen atoms in total. The molecule has 1 unspecified atom stereocenters. The second kappa shape index (κ2) is 7.76. The van der Waals surface area contributed by atoms with Gasteiger partial charge < -0.3 is 9.64 Å². The molecular formula is C17H22N2O4. The summed E-state index contributed by atoms with van der Waals surface area (Å²) < 4.78 is 4.53. The van der Waals surface area contributed by atoms with E-state index in [1.54, 1.807) is 12.1 Å². The Morgan fingerprint density at radius 1 is 1.48 bits per heavy atom. The maximum absolute atomic E-state index is 11.5. The molecule has 1 aliphatic rings. The number of carbonyl (C=O) groups excluding carboxylic acids is 1. The Labute approximate surface area is 135 Å². The van der Waals surface area contributed by atoms with Gasteiger partial charge in [-0.15, -0.1) is 0 Å². The van der Waals surface area contributed by atoms with Gasteiger partial charge in [0.1, 0.15) is 5.69 Å². The number of nitrogens with zero attached hydrogens (tertiary/aromatic N) is 2. The first-order valence-corrected chi connectivity index (χ1v) is 7.88. The molecule has 1 heterocycles. The third kappa shape index (κ3) is 4.09. The number of nitro groups is 1. The zero-order valence-electron chi connectivity index (χ0n) is 13.5. The van der Waals surface area contributed by atoms with Crippen LogP contribution in [0.25, 0.3) is 6.08 Å². The van der Waals surface area contributed by atoms with E-state index in [1.807, 2.05) is 0 Å². The number of hydrogen-bond acceptors (Lipinski definition) is 5. The number of piperidine rings is 1. The van der Waals surface area contributed by atoms with Crippen molar-refractivity contribution in [3.05, 3.63) is 40.0 Å². The summed E-state index contributed by atoms with van der Waals surface area (Å²) >= 11 is 0. The molecule has 1 fully saturated rings. The number of rotatable bonds is 5. The Bertz CT molecular complexity index is 613. The van der Waals surface area contributed by atoms with Crippen molar-refractivity contribution < 1.29 is 14.5 Å². The van der Waals surface area contributed by atoms with Gasteiger partial charge in [-0.3, -0.25) is 10.1 Å². The average molecular weight is 318 g/mol. The molecule has 0 aliphatic carbocycles. The number of ether oxygens (including phenoxy) is 1. The van der Waals surface area contributed by atoms with Crippen molar-refractivity contribution in [1.29, 1.82) is 0 Å². The number of benzene rings is 1. The van der Waals surface area contributed by atoms with Crippen LogP contribution in [0.15, 0.2) is 24.3 Å². The minimum absolute atomic E-state index is 0.0809. The minimum atomic E-state index is -0.487. The minimum Gasteiger partial charge on any atom is -0.466 e. The smallest absolute Gasteiger partial charge is 0.330 e. The fourth-order valence-electron chi connectivity index (χ4n) is 3.01. The van der Waals surface area contributed by atoms with Crippen molar-refractivity contribution in [2.24, 2.45) is 0 Å². The SMILES string of the molecule is CCC1CCCCN1c1ccc(/C=C/C(=O)OC)cc1[N+](=O)[O-]. The first-order valence-electron chi connectivity index (χ1n) is 7.88. The highest BCUT2D eigenvalue weighted by Gasteiger charge is 2.27. The highest BCUT2D eigenvalue weighted by atomic mass is 16.6. The van der Waals surface area contributed by atoms with Crippen molar-refractivity contribution >= 4 is 23.4 Å². The molecule has 0 N–H and O–H groups in total. The Balaban J connectivity index is 2.34. The lowest BCUT2D eigenvalue weighted by molar-refractivity contribution is -0.384. The molecule has 1 aromatic rings. The van der Waals surface area contributed by atoms with Gasteiger partial charge in [0.15, 0.2) is 0 Å². The molecule has 1 aromatic carbocycles. The van der Waals surface area contributed by atoms with Crippen LogP contribution < -0.4 is 4.90 Å². The third-order valence-corrected chi connectivity index (χ3v) is 4.22. The first-order chi connectivity index (χ1) is 11.1. The maximum Gasteiger partial charge on any atom is 0.330 e. The Hall–Kier alpha value is -2.37. The van der Waals surface area contributed by atoms with Gasteiger partial charge in [-0.2, -0.15) is 0 Å². The lowest BCUT2D eigenvalue weighted by Gasteiger charge is -2.36. The standard InChI is InChI=1S/C17H22N2O4/c1-3-14-6-4-5-11-18(14)15-9-7-13(8-10-17(20)23-2)12-16(15)19(21)22/h7-10,12,14H,3-6,11H2,1-2H3/b10-8+.